The maximum atomic E-state index is 12.2. The van der Waals surface area contributed by atoms with Crippen molar-refractivity contribution in [2.45, 2.75) is 43.9 Å². The fourth-order valence-corrected chi connectivity index (χ4v) is 2.99. The van der Waals surface area contributed by atoms with Crippen molar-refractivity contribution in [3.8, 4) is 0 Å². The van der Waals surface area contributed by atoms with Gasteiger partial charge in [0.2, 0.25) is 0 Å². The molecule has 0 aliphatic rings. The summed E-state index contributed by atoms with van der Waals surface area (Å²) in [6, 6.07) is 7.76. The van der Waals surface area contributed by atoms with Crippen molar-refractivity contribution in [3.63, 3.8) is 0 Å². The van der Waals surface area contributed by atoms with Crippen LogP contribution in [0.1, 0.15) is 41.9 Å². The Labute approximate surface area is 135 Å². The minimum atomic E-state index is -0.186. The van der Waals surface area contributed by atoms with Crippen molar-refractivity contribution in [2.24, 2.45) is 5.73 Å². The van der Waals surface area contributed by atoms with Gasteiger partial charge >= 0.3 is 0 Å². The molecule has 22 heavy (non-hydrogen) atoms. The Balaban J connectivity index is 2.07. The van der Waals surface area contributed by atoms with E-state index in [9.17, 15) is 4.79 Å². The number of thioether (sulfide) groups is 1. The van der Waals surface area contributed by atoms with Gasteiger partial charge in [0.15, 0.2) is 0 Å². The first-order valence-electron chi connectivity index (χ1n) is 7.39. The van der Waals surface area contributed by atoms with Crippen molar-refractivity contribution in [2.75, 3.05) is 5.32 Å². The zero-order valence-corrected chi connectivity index (χ0v) is 14.0. The number of aryl methyl sites for hydroxylation is 1. The molecule has 1 heterocycles. The Kier molecular flexibility index (Phi) is 5.69. The molecule has 118 valence electrons. The van der Waals surface area contributed by atoms with Gasteiger partial charge in [-0.15, -0.1) is 11.8 Å². The molecule has 2 rings (SSSR count). The van der Waals surface area contributed by atoms with Gasteiger partial charge in [0.1, 0.15) is 12.0 Å². The smallest absolute Gasteiger partial charge is 0.258 e. The number of hydrogen-bond donors (Lipinski definition) is 2. The number of carbonyl (C=O) groups is 1. The van der Waals surface area contributed by atoms with Crippen molar-refractivity contribution >= 4 is 23.4 Å². The van der Waals surface area contributed by atoms with Crippen molar-refractivity contribution in [3.05, 3.63) is 47.4 Å². The predicted molar refractivity (Wildman–Crippen MR) is 91.3 cm³/mol. The Hall–Kier alpha value is -1.72. The van der Waals surface area contributed by atoms with Gasteiger partial charge in [-0.2, -0.15) is 0 Å². The molecule has 0 aliphatic heterocycles. The molecule has 0 fully saturated rings. The van der Waals surface area contributed by atoms with E-state index in [-0.39, 0.29) is 12.5 Å². The molecular weight excluding hydrogens is 296 g/mol. The summed E-state index contributed by atoms with van der Waals surface area (Å²) in [5, 5.41) is 3.49. The van der Waals surface area contributed by atoms with Crippen LogP contribution in [0.4, 0.5) is 5.69 Å². The number of amides is 1. The van der Waals surface area contributed by atoms with Crippen LogP contribution >= 0.6 is 11.8 Å². The highest BCUT2D eigenvalue weighted by atomic mass is 32.2. The van der Waals surface area contributed by atoms with Gasteiger partial charge in [-0.3, -0.25) is 4.79 Å². The van der Waals surface area contributed by atoms with Crippen LogP contribution in [0.15, 0.2) is 39.8 Å². The van der Waals surface area contributed by atoms with Gasteiger partial charge in [0, 0.05) is 15.8 Å². The van der Waals surface area contributed by atoms with E-state index in [1.54, 1.807) is 6.07 Å². The molecule has 1 atom stereocenters. The summed E-state index contributed by atoms with van der Waals surface area (Å²) >= 11 is 1.85. The highest BCUT2D eigenvalue weighted by Crippen LogP contribution is 2.28. The molecule has 1 unspecified atom stereocenters. The van der Waals surface area contributed by atoms with Crippen molar-refractivity contribution in [1.29, 1.82) is 0 Å². The number of benzene rings is 1. The minimum Gasteiger partial charge on any atom is -0.467 e. The summed E-state index contributed by atoms with van der Waals surface area (Å²) < 4.78 is 5.19. The molecule has 3 N–H and O–H groups in total. The molecule has 0 aliphatic carbocycles. The highest BCUT2D eigenvalue weighted by Gasteiger charge is 2.12. The quantitative estimate of drug-likeness (QED) is 0.784. The lowest BCUT2D eigenvalue weighted by Crippen LogP contribution is -2.12. The summed E-state index contributed by atoms with van der Waals surface area (Å²) in [6.45, 7) is 6.67. The van der Waals surface area contributed by atoms with Gasteiger partial charge in [-0.05, 0) is 43.2 Å². The Bertz CT molecular complexity index is 652. The SMILES string of the molecule is CCC(C)Sc1ccc(NC(=O)c2coc(CN)c2)c(C)c1. The molecule has 1 aromatic heterocycles. The number of furan rings is 1. The fourth-order valence-electron chi connectivity index (χ4n) is 1.97. The van der Waals surface area contributed by atoms with Crippen LogP contribution in [0.2, 0.25) is 0 Å². The number of hydrogen-bond acceptors (Lipinski definition) is 4. The summed E-state index contributed by atoms with van der Waals surface area (Å²) in [7, 11) is 0. The first-order valence-corrected chi connectivity index (χ1v) is 8.27. The van der Waals surface area contributed by atoms with Crippen LogP contribution in [-0.4, -0.2) is 11.2 Å². The average Bonchev–Trinajstić information content (AvgIpc) is 2.99. The second-order valence-corrected chi connectivity index (χ2v) is 6.79. The van der Waals surface area contributed by atoms with Crippen molar-refractivity contribution < 1.29 is 9.21 Å². The zero-order chi connectivity index (χ0) is 16.1. The maximum Gasteiger partial charge on any atom is 0.258 e. The summed E-state index contributed by atoms with van der Waals surface area (Å²) in [5.41, 5.74) is 7.82. The third kappa shape index (κ3) is 4.15. The van der Waals surface area contributed by atoms with Crippen LogP contribution < -0.4 is 11.1 Å². The van der Waals surface area contributed by atoms with Gasteiger partial charge in [-0.25, -0.2) is 0 Å². The van der Waals surface area contributed by atoms with E-state index in [4.69, 9.17) is 10.2 Å². The topological polar surface area (TPSA) is 68.3 Å². The summed E-state index contributed by atoms with van der Waals surface area (Å²) in [6.07, 6.45) is 2.56. The standard InChI is InChI=1S/C17H22N2O2S/c1-4-12(3)22-15-5-6-16(11(2)7-15)19-17(20)13-8-14(9-18)21-10-13/h5-8,10,12H,4,9,18H2,1-3H3,(H,19,20). The molecule has 1 aromatic carbocycles. The minimum absolute atomic E-state index is 0.186. The highest BCUT2D eigenvalue weighted by molar-refractivity contribution is 7.99. The molecular formula is C17H22N2O2S. The molecule has 0 radical (unpaired) electrons. The molecule has 2 aromatic rings. The van der Waals surface area contributed by atoms with Crippen LogP contribution in [0, 0.1) is 6.92 Å². The lowest BCUT2D eigenvalue weighted by atomic mass is 10.2. The largest absolute Gasteiger partial charge is 0.467 e. The van der Waals surface area contributed by atoms with E-state index >= 15 is 0 Å². The lowest BCUT2D eigenvalue weighted by Gasteiger charge is -2.12. The third-order valence-corrected chi connectivity index (χ3v) is 4.74. The summed E-state index contributed by atoms with van der Waals surface area (Å²) in [4.78, 5) is 13.4. The number of carbonyl (C=O) groups excluding carboxylic acids is 1. The average molecular weight is 318 g/mol. The van der Waals surface area contributed by atoms with E-state index in [0.717, 1.165) is 17.7 Å². The van der Waals surface area contributed by atoms with E-state index in [0.29, 0.717) is 16.6 Å². The predicted octanol–water partition coefficient (Wildman–Crippen LogP) is 4.19. The second kappa shape index (κ2) is 7.51. The van der Waals surface area contributed by atoms with Crippen LogP contribution in [0.5, 0.6) is 0 Å². The van der Waals surface area contributed by atoms with Crippen LogP contribution in [0.25, 0.3) is 0 Å². The first-order chi connectivity index (χ1) is 10.5. The molecule has 5 heteroatoms. The van der Waals surface area contributed by atoms with Gasteiger partial charge < -0.3 is 15.5 Å². The summed E-state index contributed by atoms with van der Waals surface area (Å²) in [5.74, 6) is 0.413. The van der Waals surface area contributed by atoms with Gasteiger partial charge in [-0.1, -0.05) is 13.8 Å². The Morgan fingerprint density at radius 3 is 2.77 bits per heavy atom. The Morgan fingerprint density at radius 1 is 1.41 bits per heavy atom. The zero-order valence-electron chi connectivity index (χ0n) is 13.2. The molecule has 0 saturated carbocycles. The van der Waals surface area contributed by atoms with Crippen molar-refractivity contribution in [1.82, 2.24) is 0 Å². The molecule has 1 amide bonds. The van der Waals surface area contributed by atoms with Crippen LogP contribution in [-0.2, 0) is 6.54 Å². The second-order valence-electron chi connectivity index (χ2n) is 5.27. The normalized spacial score (nSPS) is 12.2. The number of nitrogens with two attached hydrogens (primary N) is 1. The third-order valence-electron chi connectivity index (χ3n) is 3.48. The van der Waals surface area contributed by atoms with Gasteiger partial charge in [0.05, 0.1) is 12.1 Å². The van der Waals surface area contributed by atoms with E-state index in [2.05, 4.69) is 25.2 Å². The van der Waals surface area contributed by atoms with E-state index in [1.807, 2.05) is 30.8 Å². The van der Waals surface area contributed by atoms with Crippen LogP contribution in [0.3, 0.4) is 0 Å². The molecule has 0 saturated heterocycles. The lowest BCUT2D eigenvalue weighted by molar-refractivity contribution is 0.102. The Morgan fingerprint density at radius 2 is 2.18 bits per heavy atom. The molecule has 0 bridgehead atoms. The number of nitrogens with one attached hydrogen (secondary N) is 1. The van der Waals surface area contributed by atoms with E-state index in [1.165, 1.54) is 11.2 Å². The number of anilines is 1. The maximum absolute atomic E-state index is 12.2. The first kappa shape index (κ1) is 16.6. The monoisotopic (exact) mass is 318 g/mol. The molecule has 4 nitrogen and oxygen atoms in total. The number of rotatable bonds is 6. The molecule has 0 spiro atoms. The van der Waals surface area contributed by atoms with E-state index < -0.39 is 0 Å². The fraction of sp³-hybridized carbons (Fsp3) is 0.353. The van der Waals surface area contributed by atoms with Gasteiger partial charge in [0.25, 0.3) is 5.91 Å².